The summed E-state index contributed by atoms with van der Waals surface area (Å²) in [5.74, 6) is 0.866. The van der Waals surface area contributed by atoms with E-state index in [9.17, 15) is 14.0 Å². The van der Waals surface area contributed by atoms with Crippen molar-refractivity contribution >= 4 is 11.9 Å². The number of aromatic nitrogens is 3. The number of pyridine rings is 1. The number of aromatic amines is 1. The first-order chi connectivity index (χ1) is 16.5. The fourth-order valence-corrected chi connectivity index (χ4v) is 3.54. The van der Waals surface area contributed by atoms with Crippen LogP contribution in [-0.4, -0.2) is 47.2 Å². The molecule has 1 amide bonds. The molecule has 1 fully saturated rings. The van der Waals surface area contributed by atoms with E-state index in [-0.39, 0.29) is 23.7 Å². The Bertz CT molecular complexity index is 1180. The van der Waals surface area contributed by atoms with Gasteiger partial charge < -0.3 is 19.7 Å². The highest BCUT2D eigenvalue weighted by atomic mass is 19.1. The Hall–Kier alpha value is -3.79. The van der Waals surface area contributed by atoms with E-state index in [4.69, 9.17) is 9.47 Å². The molecule has 34 heavy (non-hydrogen) atoms. The summed E-state index contributed by atoms with van der Waals surface area (Å²) in [5, 5.41) is 2.83. The molecule has 1 aliphatic heterocycles. The fraction of sp³-hybridized carbons (Fsp3) is 0.333. The SMILES string of the molecule is Cc1nc(N2CCOCC2)[nH]c(=O)c1CCC(=O)NCc1ccc(Oc2ccc(F)cc2)nc1. The van der Waals surface area contributed by atoms with Gasteiger partial charge in [0.25, 0.3) is 5.56 Å². The summed E-state index contributed by atoms with van der Waals surface area (Å²) in [6.45, 7) is 4.64. The molecule has 10 heteroatoms. The van der Waals surface area contributed by atoms with Crippen molar-refractivity contribution in [3.8, 4) is 11.6 Å². The molecule has 2 N–H and O–H groups in total. The minimum absolute atomic E-state index is 0.168. The van der Waals surface area contributed by atoms with Gasteiger partial charge in [0.05, 0.1) is 13.2 Å². The molecular formula is C24H26FN5O4. The lowest BCUT2D eigenvalue weighted by molar-refractivity contribution is -0.121. The van der Waals surface area contributed by atoms with Crippen LogP contribution in [0.2, 0.25) is 0 Å². The van der Waals surface area contributed by atoms with Crippen molar-refractivity contribution in [3.63, 3.8) is 0 Å². The average molecular weight is 468 g/mol. The Morgan fingerprint density at radius 1 is 1.21 bits per heavy atom. The van der Waals surface area contributed by atoms with Gasteiger partial charge >= 0.3 is 0 Å². The summed E-state index contributed by atoms with van der Waals surface area (Å²) in [6, 6.07) is 9.12. The number of anilines is 1. The Labute approximate surface area is 196 Å². The van der Waals surface area contributed by atoms with Crippen LogP contribution in [0.5, 0.6) is 11.6 Å². The highest BCUT2D eigenvalue weighted by Crippen LogP contribution is 2.19. The molecule has 0 bridgehead atoms. The van der Waals surface area contributed by atoms with E-state index in [1.165, 1.54) is 24.3 Å². The predicted octanol–water partition coefficient (Wildman–Crippen LogP) is 2.49. The molecule has 1 aromatic carbocycles. The van der Waals surface area contributed by atoms with E-state index in [0.717, 1.165) is 5.56 Å². The second-order valence-corrected chi connectivity index (χ2v) is 7.89. The summed E-state index contributed by atoms with van der Waals surface area (Å²) in [4.78, 5) is 38.4. The minimum atomic E-state index is -0.340. The van der Waals surface area contributed by atoms with E-state index in [0.29, 0.717) is 68.1 Å². The van der Waals surface area contributed by atoms with Crippen LogP contribution < -0.4 is 20.5 Å². The van der Waals surface area contributed by atoms with Crippen molar-refractivity contribution in [3.05, 3.63) is 75.6 Å². The Balaban J connectivity index is 1.26. The van der Waals surface area contributed by atoms with E-state index in [1.807, 2.05) is 4.90 Å². The van der Waals surface area contributed by atoms with Gasteiger partial charge in [-0.1, -0.05) is 6.07 Å². The molecule has 0 radical (unpaired) electrons. The van der Waals surface area contributed by atoms with Crippen molar-refractivity contribution in [2.45, 2.75) is 26.3 Å². The van der Waals surface area contributed by atoms with Crippen LogP contribution in [0.3, 0.4) is 0 Å². The zero-order valence-corrected chi connectivity index (χ0v) is 18.8. The Morgan fingerprint density at radius 3 is 2.65 bits per heavy atom. The summed E-state index contributed by atoms with van der Waals surface area (Å²) in [6.07, 6.45) is 2.07. The smallest absolute Gasteiger partial charge is 0.255 e. The van der Waals surface area contributed by atoms with Gasteiger partial charge in [-0.25, -0.2) is 14.4 Å². The molecule has 1 aliphatic rings. The zero-order valence-electron chi connectivity index (χ0n) is 18.8. The van der Waals surface area contributed by atoms with Gasteiger partial charge in [-0.2, -0.15) is 0 Å². The summed E-state index contributed by atoms with van der Waals surface area (Å²) in [7, 11) is 0. The first-order valence-corrected chi connectivity index (χ1v) is 11.1. The molecule has 9 nitrogen and oxygen atoms in total. The Morgan fingerprint density at radius 2 is 1.97 bits per heavy atom. The number of H-pyrrole nitrogens is 1. The van der Waals surface area contributed by atoms with Gasteiger partial charge in [0.1, 0.15) is 11.6 Å². The number of carbonyl (C=O) groups excluding carboxylic acids is 1. The van der Waals surface area contributed by atoms with Crippen LogP contribution in [0.4, 0.5) is 10.3 Å². The molecule has 1 saturated heterocycles. The van der Waals surface area contributed by atoms with E-state index in [1.54, 1.807) is 25.3 Å². The maximum absolute atomic E-state index is 13.0. The zero-order chi connectivity index (χ0) is 23.9. The second-order valence-electron chi connectivity index (χ2n) is 7.89. The third kappa shape index (κ3) is 6.16. The number of ether oxygens (including phenoxy) is 2. The number of aryl methyl sites for hydroxylation is 1. The lowest BCUT2D eigenvalue weighted by Crippen LogP contribution is -2.38. The topological polar surface area (TPSA) is 109 Å². The number of nitrogens with one attached hydrogen (secondary N) is 2. The molecular weight excluding hydrogens is 441 g/mol. The first-order valence-electron chi connectivity index (χ1n) is 11.1. The molecule has 0 unspecified atom stereocenters. The second kappa shape index (κ2) is 10.9. The third-order valence-electron chi connectivity index (χ3n) is 5.45. The number of halogens is 1. The molecule has 4 rings (SSSR count). The van der Waals surface area contributed by atoms with Crippen molar-refractivity contribution < 1.29 is 18.7 Å². The highest BCUT2D eigenvalue weighted by molar-refractivity contribution is 5.76. The molecule has 178 valence electrons. The number of hydrogen-bond acceptors (Lipinski definition) is 7. The van der Waals surface area contributed by atoms with Gasteiger partial charge in [-0.3, -0.25) is 14.6 Å². The molecule has 3 aromatic rings. The molecule has 0 saturated carbocycles. The molecule has 3 heterocycles. The quantitative estimate of drug-likeness (QED) is 0.524. The first kappa shape index (κ1) is 23.4. The van der Waals surface area contributed by atoms with Gasteiger partial charge in [0.2, 0.25) is 17.7 Å². The standard InChI is InChI=1S/C24H26FN5O4/c1-16-20(23(32)29-24(28-16)30-10-12-33-13-11-30)7-8-21(31)26-14-17-2-9-22(27-15-17)34-19-5-3-18(25)4-6-19/h2-6,9,15H,7-8,10-14H2,1H3,(H,26,31)(H,28,29,32). The average Bonchev–Trinajstić information content (AvgIpc) is 2.85. The highest BCUT2D eigenvalue weighted by Gasteiger charge is 2.16. The normalized spacial score (nSPS) is 13.5. The molecule has 0 aliphatic carbocycles. The lowest BCUT2D eigenvalue weighted by Gasteiger charge is -2.27. The maximum atomic E-state index is 13.0. The molecule has 2 aromatic heterocycles. The number of morpholine rings is 1. The summed E-state index contributed by atoms with van der Waals surface area (Å²) in [5.41, 5.74) is 1.71. The van der Waals surface area contributed by atoms with Gasteiger partial charge in [-0.05, 0) is 43.2 Å². The monoisotopic (exact) mass is 467 g/mol. The number of rotatable bonds is 8. The van der Waals surface area contributed by atoms with Gasteiger partial charge in [0, 0.05) is 49.6 Å². The summed E-state index contributed by atoms with van der Waals surface area (Å²) >= 11 is 0. The Kier molecular flexibility index (Phi) is 7.48. The van der Waals surface area contributed by atoms with Crippen LogP contribution in [0.1, 0.15) is 23.2 Å². The predicted molar refractivity (Wildman–Crippen MR) is 124 cm³/mol. The lowest BCUT2D eigenvalue weighted by atomic mass is 10.1. The van der Waals surface area contributed by atoms with Crippen molar-refractivity contribution in [2.24, 2.45) is 0 Å². The molecule has 0 atom stereocenters. The van der Waals surface area contributed by atoms with E-state index >= 15 is 0 Å². The van der Waals surface area contributed by atoms with E-state index < -0.39 is 0 Å². The largest absolute Gasteiger partial charge is 0.439 e. The summed E-state index contributed by atoms with van der Waals surface area (Å²) < 4.78 is 23.9. The van der Waals surface area contributed by atoms with E-state index in [2.05, 4.69) is 20.3 Å². The van der Waals surface area contributed by atoms with Gasteiger partial charge in [0.15, 0.2) is 0 Å². The number of amides is 1. The van der Waals surface area contributed by atoms with Crippen LogP contribution in [0, 0.1) is 12.7 Å². The number of carbonyl (C=O) groups is 1. The fourth-order valence-electron chi connectivity index (χ4n) is 3.54. The van der Waals surface area contributed by atoms with Crippen LogP contribution in [0.25, 0.3) is 0 Å². The number of hydrogen-bond donors (Lipinski definition) is 2. The van der Waals surface area contributed by atoms with Crippen molar-refractivity contribution in [1.29, 1.82) is 0 Å². The van der Waals surface area contributed by atoms with Crippen LogP contribution >= 0.6 is 0 Å². The number of nitrogens with zero attached hydrogens (tertiary/aromatic N) is 3. The third-order valence-corrected chi connectivity index (χ3v) is 5.45. The van der Waals surface area contributed by atoms with Gasteiger partial charge in [-0.15, -0.1) is 0 Å². The van der Waals surface area contributed by atoms with Crippen molar-refractivity contribution in [2.75, 3.05) is 31.2 Å². The molecule has 0 spiro atoms. The van der Waals surface area contributed by atoms with Crippen molar-refractivity contribution in [1.82, 2.24) is 20.3 Å². The maximum Gasteiger partial charge on any atom is 0.255 e. The number of benzene rings is 1. The minimum Gasteiger partial charge on any atom is -0.439 e. The van der Waals surface area contributed by atoms with Crippen LogP contribution in [0.15, 0.2) is 47.4 Å². The van der Waals surface area contributed by atoms with Crippen LogP contribution in [-0.2, 0) is 22.5 Å².